The number of aryl methyl sites for hydroxylation is 2. The molecule has 152 valence electrons. The van der Waals surface area contributed by atoms with Crippen molar-refractivity contribution < 1.29 is 9.47 Å². The van der Waals surface area contributed by atoms with E-state index < -0.39 is 0 Å². The molecule has 0 amide bonds. The van der Waals surface area contributed by atoms with Crippen LogP contribution in [0.2, 0.25) is 0 Å². The van der Waals surface area contributed by atoms with Crippen LogP contribution in [0.15, 0.2) is 53.5 Å². The molecule has 0 unspecified atom stereocenters. The van der Waals surface area contributed by atoms with Gasteiger partial charge in [-0.25, -0.2) is 4.98 Å². The molecule has 0 radical (unpaired) electrons. The van der Waals surface area contributed by atoms with Crippen LogP contribution in [0.4, 0.5) is 0 Å². The average molecular weight is 411 g/mol. The highest BCUT2D eigenvalue weighted by Crippen LogP contribution is 2.30. The van der Waals surface area contributed by atoms with Gasteiger partial charge in [-0.15, -0.1) is 11.3 Å². The van der Waals surface area contributed by atoms with Crippen molar-refractivity contribution >= 4 is 17.3 Å². The fraction of sp³-hybridized carbons (Fsp3) is 0.273. The summed E-state index contributed by atoms with van der Waals surface area (Å²) < 4.78 is 11.2. The third kappa shape index (κ3) is 5.71. The van der Waals surface area contributed by atoms with E-state index in [1.165, 1.54) is 4.88 Å². The van der Waals surface area contributed by atoms with E-state index in [1.807, 2.05) is 62.4 Å². The average Bonchev–Trinajstić information content (AvgIpc) is 3.06. The zero-order valence-electron chi connectivity index (χ0n) is 17.2. The lowest BCUT2D eigenvalue weighted by Gasteiger charge is -2.13. The van der Waals surface area contributed by atoms with Crippen molar-refractivity contribution in [2.45, 2.75) is 26.9 Å². The summed E-state index contributed by atoms with van der Waals surface area (Å²) in [6.07, 6.45) is 0. The number of guanidine groups is 1. The summed E-state index contributed by atoms with van der Waals surface area (Å²) in [4.78, 5) is 9.97. The standard InChI is InChI=1S/C22H26N4O2S/c1-15-21(29-16(2)26-15)14-25-22(23-3)24-13-17-9-11-18(12-10-17)28-20-8-6-5-7-19(20)27-4/h5-12H,13-14H2,1-4H3,(H2,23,24,25). The van der Waals surface area contributed by atoms with Gasteiger partial charge in [0, 0.05) is 18.5 Å². The topological polar surface area (TPSA) is 67.8 Å². The third-order valence-electron chi connectivity index (χ3n) is 4.32. The molecule has 7 heteroatoms. The summed E-state index contributed by atoms with van der Waals surface area (Å²) in [6.45, 7) is 5.43. The largest absolute Gasteiger partial charge is 0.493 e. The highest BCUT2D eigenvalue weighted by Gasteiger charge is 2.07. The molecule has 0 fully saturated rings. The molecule has 0 atom stereocenters. The molecule has 0 aliphatic heterocycles. The Morgan fingerprint density at radius 3 is 2.31 bits per heavy atom. The number of benzene rings is 2. The van der Waals surface area contributed by atoms with Gasteiger partial charge in [0.2, 0.25) is 0 Å². The Morgan fingerprint density at radius 2 is 1.69 bits per heavy atom. The molecular weight excluding hydrogens is 384 g/mol. The molecule has 0 saturated carbocycles. The maximum absolute atomic E-state index is 5.92. The van der Waals surface area contributed by atoms with Crippen LogP contribution < -0.4 is 20.1 Å². The number of rotatable bonds is 7. The van der Waals surface area contributed by atoms with Gasteiger partial charge in [0.1, 0.15) is 5.75 Å². The van der Waals surface area contributed by atoms with E-state index in [-0.39, 0.29) is 0 Å². The predicted octanol–water partition coefficient (Wildman–Crippen LogP) is 4.43. The normalized spacial score (nSPS) is 11.2. The van der Waals surface area contributed by atoms with E-state index in [2.05, 4.69) is 20.6 Å². The van der Waals surface area contributed by atoms with Gasteiger partial charge in [0.05, 0.1) is 24.4 Å². The Labute approximate surface area is 175 Å². The lowest BCUT2D eigenvalue weighted by Crippen LogP contribution is -2.36. The first kappa shape index (κ1) is 20.7. The van der Waals surface area contributed by atoms with Crippen LogP contribution in [-0.4, -0.2) is 25.1 Å². The molecule has 3 rings (SSSR count). The Kier molecular flexibility index (Phi) is 7.08. The molecule has 6 nitrogen and oxygen atoms in total. The van der Waals surface area contributed by atoms with Crippen molar-refractivity contribution in [3.8, 4) is 17.2 Å². The number of aliphatic imine (C=N–C) groups is 1. The maximum atomic E-state index is 5.92. The predicted molar refractivity (Wildman–Crippen MR) is 118 cm³/mol. The highest BCUT2D eigenvalue weighted by atomic mass is 32.1. The van der Waals surface area contributed by atoms with Crippen LogP contribution in [0.25, 0.3) is 0 Å². The quantitative estimate of drug-likeness (QED) is 0.446. The number of aromatic nitrogens is 1. The Balaban J connectivity index is 1.53. The SMILES string of the molecule is CN=C(NCc1ccc(Oc2ccccc2OC)cc1)NCc1sc(C)nc1C. The minimum Gasteiger partial charge on any atom is -0.493 e. The van der Waals surface area contributed by atoms with Crippen molar-refractivity contribution in [3.05, 3.63) is 69.7 Å². The van der Waals surface area contributed by atoms with Crippen molar-refractivity contribution in [2.75, 3.05) is 14.2 Å². The van der Waals surface area contributed by atoms with Crippen molar-refractivity contribution in [2.24, 2.45) is 4.99 Å². The number of hydrogen-bond donors (Lipinski definition) is 2. The molecule has 0 aliphatic carbocycles. The Hall–Kier alpha value is -3.06. The summed E-state index contributed by atoms with van der Waals surface area (Å²) in [7, 11) is 3.40. The van der Waals surface area contributed by atoms with Crippen LogP contribution in [-0.2, 0) is 13.1 Å². The van der Waals surface area contributed by atoms with Crippen LogP contribution in [0, 0.1) is 13.8 Å². The smallest absolute Gasteiger partial charge is 0.191 e. The fourth-order valence-corrected chi connectivity index (χ4v) is 3.69. The number of hydrogen-bond acceptors (Lipinski definition) is 5. The Bertz CT molecular complexity index is 967. The van der Waals surface area contributed by atoms with Gasteiger partial charge in [-0.2, -0.15) is 0 Å². The number of para-hydroxylation sites is 2. The molecule has 29 heavy (non-hydrogen) atoms. The maximum Gasteiger partial charge on any atom is 0.191 e. The van der Waals surface area contributed by atoms with Crippen LogP contribution in [0.3, 0.4) is 0 Å². The van der Waals surface area contributed by atoms with E-state index >= 15 is 0 Å². The van der Waals surface area contributed by atoms with Gasteiger partial charge >= 0.3 is 0 Å². The van der Waals surface area contributed by atoms with Crippen molar-refractivity contribution in [3.63, 3.8) is 0 Å². The first-order valence-electron chi connectivity index (χ1n) is 9.36. The highest BCUT2D eigenvalue weighted by molar-refractivity contribution is 7.11. The second-order valence-corrected chi connectivity index (χ2v) is 7.71. The van der Waals surface area contributed by atoms with Crippen molar-refractivity contribution in [1.82, 2.24) is 15.6 Å². The molecular formula is C22H26N4O2S. The number of nitrogens with one attached hydrogen (secondary N) is 2. The number of nitrogens with zero attached hydrogens (tertiary/aromatic N) is 2. The van der Waals surface area contributed by atoms with Gasteiger partial charge in [-0.1, -0.05) is 24.3 Å². The summed E-state index contributed by atoms with van der Waals surface area (Å²) >= 11 is 1.71. The molecule has 2 N–H and O–H groups in total. The van der Waals surface area contributed by atoms with E-state index in [4.69, 9.17) is 9.47 Å². The van der Waals surface area contributed by atoms with Crippen molar-refractivity contribution in [1.29, 1.82) is 0 Å². The van der Waals surface area contributed by atoms with Crippen LogP contribution in [0.5, 0.6) is 17.2 Å². The zero-order valence-corrected chi connectivity index (χ0v) is 18.0. The van der Waals surface area contributed by atoms with Gasteiger partial charge in [0.15, 0.2) is 17.5 Å². The van der Waals surface area contributed by atoms with Crippen LogP contribution >= 0.6 is 11.3 Å². The fourth-order valence-electron chi connectivity index (χ4n) is 2.81. The van der Waals surface area contributed by atoms with Gasteiger partial charge in [-0.3, -0.25) is 4.99 Å². The molecule has 0 saturated heterocycles. The second-order valence-electron chi connectivity index (χ2n) is 6.42. The first-order valence-corrected chi connectivity index (χ1v) is 10.2. The Morgan fingerprint density at radius 1 is 1.00 bits per heavy atom. The minimum atomic E-state index is 0.662. The van der Waals surface area contributed by atoms with E-state index in [9.17, 15) is 0 Å². The minimum absolute atomic E-state index is 0.662. The number of methoxy groups -OCH3 is 1. The van der Waals surface area contributed by atoms with Crippen LogP contribution in [0.1, 0.15) is 21.1 Å². The van der Waals surface area contributed by atoms with E-state index in [0.717, 1.165) is 28.0 Å². The molecule has 3 aromatic rings. The summed E-state index contributed by atoms with van der Waals surface area (Å²) in [6, 6.07) is 15.6. The van der Waals surface area contributed by atoms with E-state index in [1.54, 1.807) is 25.5 Å². The molecule has 0 aliphatic rings. The molecule has 2 aromatic carbocycles. The van der Waals surface area contributed by atoms with Gasteiger partial charge in [-0.05, 0) is 43.7 Å². The number of thiazole rings is 1. The van der Waals surface area contributed by atoms with E-state index in [0.29, 0.717) is 24.6 Å². The molecule has 1 heterocycles. The monoisotopic (exact) mass is 410 g/mol. The first-order chi connectivity index (χ1) is 14.1. The number of ether oxygens (including phenoxy) is 2. The molecule has 0 bridgehead atoms. The third-order valence-corrected chi connectivity index (χ3v) is 5.39. The summed E-state index contributed by atoms with van der Waals surface area (Å²) in [5, 5.41) is 7.75. The lowest BCUT2D eigenvalue weighted by atomic mass is 10.2. The van der Waals surface area contributed by atoms with Gasteiger partial charge < -0.3 is 20.1 Å². The summed E-state index contributed by atoms with van der Waals surface area (Å²) in [5.74, 6) is 2.92. The van der Waals surface area contributed by atoms with Gasteiger partial charge in [0.25, 0.3) is 0 Å². The summed E-state index contributed by atoms with van der Waals surface area (Å²) in [5.41, 5.74) is 2.20. The zero-order chi connectivity index (χ0) is 20.6. The molecule has 1 aromatic heterocycles. The lowest BCUT2D eigenvalue weighted by molar-refractivity contribution is 0.379. The molecule has 0 spiro atoms. The second kappa shape index (κ2) is 9.93.